The highest BCUT2D eigenvalue weighted by atomic mass is 17.1. The Morgan fingerprint density at radius 1 is 1.25 bits per heavy atom. The number of rotatable bonds is 8. The number of carbonyl (C=O) groups is 1. The van der Waals surface area contributed by atoms with E-state index >= 15 is 0 Å². The normalized spacial score (nSPS) is 18.9. The van der Waals surface area contributed by atoms with Crippen molar-refractivity contribution in [2.75, 3.05) is 6.61 Å². The molecule has 8 heteroatoms. The van der Waals surface area contributed by atoms with Crippen LogP contribution in [0.4, 0.5) is 0 Å². The van der Waals surface area contributed by atoms with Crippen molar-refractivity contribution in [3.63, 3.8) is 0 Å². The Hall–Kier alpha value is -0.610. The van der Waals surface area contributed by atoms with E-state index in [1.807, 2.05) is 0 Å². The molecule has 0 spiro atoms. The van der Waals surface area contributed by atoms with Gasteiger partial charge in [0, 0.05) is 6.42 Å². The van der Waals surface area contributed by atoms with Crippen LogP contribution in [-0.2, 0) is 14.6 Å². The number of ketones is 1. The highest BCUT2D eigenvalue weighted by Crippen LogP contribution is 2.13. The largest absolute Gasteiger partial charge is 0.394 e. The fraction of sp³-hybridized carbons (Fsp3) is 0.875. The van der Waals surface area contributed by atoms with E-state index < -0.39 is 36.8 Å². The first-order valence-electron chi connectivity index (χ1n) is 4.63. The SMILES string of the molecule is CCC(=O)[C@H](OO)[C@@H](OO)[C@H](O)[C@H](O)CO. The first-order chi connectivity index (χ1) is 7.53. The lowest BCUT2D eigenvalue weighted by atomic mass is 9.99. The van der Waals surface area contributed by atoms with Gasteiger partial charge in [0.2, 0.25) is 0 Å². The second kappa shape index (κ2) is 7.63. The summed E-state index contributed by atoms with van der Waals surface area (Å²) < 4.78 is 0. The van der Waals surface area contributed by atoms with Crippen LogP contribution in [0.25, 0.3) is 0 Å². The molecule has 0 aromatic rings. The fourth-order valence-electron chi connectivity index (χ4n) is 1.13. The van der Waals surface area contributed by atoms with Crippen LogP contribution in [0, 0.1) is 0 Å². The Kier molecular flexibility index (Phi) is 7.34. The van der Waals surface area contributed by atoms with Crippen LogP contribution in [0.2, 0.25) is 0 Å². The zero-order valence-corrected chi connectivity index (χ0v) is 8.68. The van der Waals surface area contributed by atoms with Gasteiger partial charge in [0.1, 0.15) is 12.2 Å². The number of aliphatic hydroxyl groups is 3. The van der Waals surface area contributed by atoms with E-state index in [9.17, 15) is 9.90 Å². The molecule has 0 heterocycles. The summed E-state index contributed by atoms with van der Waals surface area (Å²) in [6.45, 7) is 0.664. The van der Waals surface area contributed by atoms with Gasteiger partial charge < -0.3 is 15.3 Å². The summed E-state index contributed by atoms with van der Waals surface area (Å²) in [6.07, 6.45) is -6.81. The maximum atomic E-state index is 11.2. The summed E-state index contributed by atoms with van der Waals surface area (Å²) in [7, 11) is 0. The highest BCUT2D eigenvalue weighted by molar-refractivity contribution is 5.83. The zero-order valence-electron chi connectivity index (χ0n) is 8.68. The highest BCUT2D eigenvalue weighted by Gasteiger charge is 2.38. The minimum absolute atomic E-state index is 0.0347. The van der Waals surface area contributed by atoms with Gasteiger partial charge in [-0.3, -0.25) is 15.3 Å². The molecule has 96 valence electrons. The second-order valence-corrected chi connectivity index (χ2v) is 3.16. The molecule has 8 nitrogen and oxygen atoms in total. The lowest BCUT2D eigenvalue weighted by Crippen LogP contribution is -2.50. The van der Waals surface area contributed by atoms with Gasteiger partial charge in [-0.05, 0) is 0 Å². The van der Waals surface area contributed by atoms with Crippen molar-refractivity contribution in [1.82, 2.24) is 0 Å². The molecule has 0 saturated heterocycles. The summed E-state index contributed by atoms with van der Waals surface area (Å²) in [5, 5.41) is 44.0. The minimum Gasteiger partial charge on any atom is -0.394 e. The quantitative estimate of drug-likeness (QED) is 0.252. The number of hydrogen-bond donors (Lipinski definition) is 5. The summed E-state index contributed by atoms with van der Waals surface area (Å²) in [5.74, 6) is -0.647. The fourth-order valence-corrected chi connectivity index (χ4v) is 1.13. The van der Waals surface area contributed by atoms with E-state index in [4.69, 9.17) is 20.7 Å². The monoisotopic (exact) mass is 240 g/mol. The van der Waals surface area contributed by atoms with Crippen molar-refractivity contribution in [3.05, 3.63) is 0 Å². The van der Waals surface area contributed by atoms with E-state index in [1.165, 1.54) is 6.92 Å². The third-order valence-electron chi connectivity index (χ3n) is 2.12. The zero-order chi connectivity index (χ0) is 12.7. The van der Waals surface area contributed by atoms with Gasteiger partial charge in [-0.2, -0.15) is 0 Å². The van der Waals surface area contributed by atoms with E-state index in [1.54, 1.807) is 0 Å². The molecule has 0 aliphatic heterocycles. The molecule has 0 fully saturated rings. The molecule has 0 aromatic carbocycles. The average molecular weight is 240 g/mol. The summed E-state index contributed by atoms with van der Waals surface area (Å²) >= 11 is 0. The molecule has 0 saturated carbocycles. The summed E-state index contributed by atoms with van der Waals surface area (Å²) in [5.41, 5.74) is 0. The average Bonchev–Trinajstić information content (AvgIpc) is 2.32. The molecular formula is C8H16O8. The topological polar surface area (TPSA) is 137 Å². The summed E-state index contributed by atoms with van der Waals surface area (Å²) in [6, 6.07) is 0. The van der Waals surface area contributed by atoms with Crippen molar-refractivity contribution in [1.29, 1.82) is 0 Å². The van der Waals surface area contributed by atoms with Gasteiger partial charge in [0.25, 0.3) is 0 Å². The van der Waals surface area contributed by atoms with Crippen molar-refractivity contribution >= 4 is 5.78 Å². The third-order valence-corrected chi connectivity index (χ3v) is 2.12. The maximum Gasteiger partial charge on any atom is 0.182 e. The lowest BCUT2D eigenvalue weighted by Gasteiger charge is -2.27. The molecule has 0 aliphatic carbocycles. The molecule has 0 radical (unpaired) electrons. The Balaban J connectivity index is 4.73. The predicted octanol–water partition coefficient (Wildman–Crippen LogP) is -1.60. The lowest BCUT2D eigenvalue weighted by molar-refractivity contribution is -0.363. The van der Waals surface area contributed by atoms with Gasteiger partial charge in [0.15, 0.2) is 18.0 Å². The number of carbonyl (C=O) groups excluding carboxylic acids is 1. The molecule has 5 N–H and O–H groups in total. The standard InChI is InChI=1S/C8H16O8/c1-2-4(10)7(15-13)8(16-14)6(12)5(11)3-9/h5-9,11-14H,2-3H2,1H3/t5-,6-,7+,8+/m1/s1. The van der Waals surface area contributed by atoms with Gasteiger partial charge in [-0.15, -0.1) is 0 Å². The Labute approximate surface area is 91.5 Å². The Morgan fingerprint density at radius 2 is 1.81 bits per heavy atom. The van der Waals surface area contributed by atoms with Crippen LogP contribution < -0.4 is 0 Å². The molecule has 0 amide bonds. The van der Waals surface area contributed by atoms with Crippen molar-refractivity contribution < 1.29 is 40.4 Å². The van der Waals surface area contributed by atoms with Gasteiger partial charge in [-0.25, -0.2) is 9.78 Å². The van der Waals surface area contributed by atoms with Crippen molar-refractivity contribution in [3.8, 4) is 0 Å². The molecule has 0 aliphatic rings. The number of aliphatic hydroxyl groups excluding tert-OH is 3. The minimum atomic E-state index is -1.79. The van der Waals surface area contributed by atoms with E-state index in [2.05, 4.69) is 9.78 Å². The molecule has 0 bridgehead atoms. The van der Waals surface area contributed by atoms with Crippen LogP contribution in [0.1, 0.15) is 13.3 Å². The van der Waals surface area contributed by atoms with Crippen LogP contribution in [-0.4, -0.2) is 62.6 Å². The van der Waals surface area contributed by atoms with E-state index in [0.29, 0.717) is 0 Å². The van der Waals surface area contributed by atoms with Gasteiger partial charge >= 0.3 is 0 Å². The molecule has 0 aromatic heterocycles. The Bertz CT molecular complexity index is 208. The third kappa shape index (κ3) is 3.76. The van der Waals surface area contributed by atoms with Crippen molar-refractivity contribution in [2.24, 2.45) is 0 Å². The van der Waals surface area contributed by atoms with Crippen LogP contribution >= 0.6 is 0 Å². The van der Waals surface area contributed by atoms with E-state index in [-0.39, 0.29) is 6.42 Å². The summed E-state index contributed by atoms with van der Waals surface area (Å²) in [4.78, 5) is 18.8. The second-order valence-electron chi connectivity index (χ2n) is 3.16. The van der Waals surface area contributed by atoms with Gasteiger partial charge in [-0.1, -0.05) is 6.92 Å². The van der Waals surface area contributed by atoms with Crippen molar-refractivity contribution in [2.45, 2.75) is 37.8 Å². The van der Waals surface area contributed by atoms with Crippen LogP contribution in [0.5, 0.6) is 0 Å². The molecule has 0 rings (SSSR count). The Morgan fingerprint density at radius 3 is 2.12 bits per heavy atom. The molecule has 0 unspecified atom stereocenters. The first kappa shape index (κ1) is 15.4. The smallest absolute Gasteiger partial charge is 0.182 e. The predicted molar refractivity (Wildman–Crippen MR) is 49.4 cm³/mol. The number of hydrogen-bond acceptors (Lipinski definition) is 8. The van der Waals surface area contributed by atoms with Crippen LogP contribution in [0.15, 0.2) is 0 Å². The maximum absolute atomic E-state index is 11.2. The van der Waals surface area contributed by atoms with Crippen LogP contribution in [0.3, 0.4) is 0 Å². The van der Waals surface area contributed by atoms with Gasteiger partial charge in [0.05, 0.1) is 6.61 Å². The number of Topliss-reactive ketones (excluding diaryl/α,β-unsaturated/α-hetero) is 1. The first-order valence-corrected chi connectivity index (χ1v) is 4.63. The van der Waals surface area contributed by atoms with E-state index in [0.717, 1.165) is 0 Å². The molecule has 4 atom stereocenters. The molecular weight excluding hydrogens is 224 g/mol. The molecule has 16 heavy (non-hydrogen) atoms.